The average Bonchev–Trinajstić information content (AvgIpc) is 2.41. The summed E-state index contributed by atoms with van der Waals surface area (Å²) in [4.78, 5) is 0. The molecular weight excluding hydrogens is 388 g/mol. The minimum atomic E-state index is 0.0823. The van der Waals surface area contributed by atoms with Crippen LogP contribution in [-0.2, 0) is 0 Å². The lowest BCUT2D eigenvalue weighted by atomic mass is 10.1. The van der Waals surface area contributed by atoms with Gasteiger partial charge in [0.05, 0.1) is 4.47 Å². The van der Waals surface area contributed by atoms with Crippen LogP contribution in [0.1, 0.15) is 11.1 Å². The molecule has 3 N–H and O–H groups in total. The van der Waals surface area contributed by atoms with E-state index < -0.39 is 0 Å². The van der Waals surface area contributed by atoms with Gasteiger partial charge in [0, 0.05) is 10.0 Å². The van der Waals surface area contributed by atoms with Crippen molar-refractivity contribution in [1.29, 1.82) is 0 Å². The van der Waals surface area contributed by atoms with Crippen LogP contribution in [0, 0.1) is 6.92 Å². The Bertz CT molecular complexity index is 672. The lowest BCUT2D eigenvalue weighted by Crippen LogP contribution is -2.14. The molecule has 0 saturated carbocycles. The zero-order chi connectivity index (χ0) is 14.7. The number of ether oxygens (including phenoxy) is 1. The molecule has 0 spiro atoms. The summed E-state index contributed by atoms with van der Waals surface area (Å²) in [6.45, 7) is 1.87. The zero-order valence-corrected chi connectivity index (χ0v) is 13.8. The molecule has 0 unspecified atom stereocenters. The second-order valence-corrected chi connectivity index (χ2v) is 5.91. The largest absolute Gasteiger partial charge is 0.456 e. The molecule has 2 rings (SSSR count). The van der Waals surface area contributed by atoms with Gasteiger partial charge >= 0.3 is 0 Å². The molecule has 0 aliphatic carbocycles. The van der Waals surface area contributed by atoms with E-state index in [-0.39, 0.29) is 5.84 Å². The van der Waals surface area contributed by atoms with Gasteiger partial charge in [-0.3, -0.25) is 0 Å². The van der Waals surface area contributed by atoms with Crippen LogP contribution in [0.3, 0.4) is 0 Å². The number of rotatable bonds is 3. The smallest absolute Gasteiger partial charge is 0.170 e. The van der Waals surface area contributed by atoms with Crippen LogP contribution in [0.4, 0.5) is 0 Å². The van der Waals surface area contributed by atoms with Crippen molar-refractivity contribution in [2.24, 2.45) is 10.9 Å². The Morgan fingerprint density at radius 3 is 2.55 bits per heavy atom. The number of halogens is 2. The third kappa shape index (κ3) is 3.32. The SMILES string of the molecule is Cc1cc(Oc2ccc(Br)cc2Br)ccc1/C(N)=N/O. The number of nitrogens with two attached hydrogens (primary N) is 1. The highest BCUT2D eigenvalue weighted by atomic mass is 79.9. The van der Waals surface area contributed by atoms with Crippen molar-refractivity contribution in [3.05, 3.63) is 56.5 Å². The van der Waals surface area contributed by atoms with Gasteiger partial charge < -0.3 is 15.7 Å². The topological polar surface area (TPSA) is 67.8 Å². The maximum atomic E-state index is 8.70. The summed E-state index contributed by atoms with van der Waals surface area (Å²) in [5.74, 6) is 1.48. The van der Waals surface area contributed by atoms with Crippen LogP contribution in [0.15, 0.2) is 50.5 Å². The van der Waals surface area contributed by atoms with Gasteiger partial charge in [0.25, 0.3) is 0 Å². The van der Waals surface area contributed by atoms with Crippen molar-refractivity contribution in [3.63, 3.8) is 0 Å². The van der Waals surface area contributed by atoms with Gasteiger partial charge in [-0.2, -0.15) is 0 Å². The van der Waals surface area contributed by atoms with E-state index in [1.165, 1.54) is 0 Å². The predicted molar refractivity (Wildman–Crippen MR) is 85.6 cm³/mol. The van der Waals surface area contributed by atoms with Gasteiger partial charge in [-0.1, -0.05) is 21.1 Å². The lowest BCUT2D eigenvalue weighted by Gasteiger charge is -2.10. The standard InChI is InChI=1S/C14H12Br2N2O2/c1-8-6-10(3-4-11(8)14(17)18-19)20-13-5-2-9(15)7-12(13)16/h2-7,19H,1H3,(H2,17,18). The summed E-state index contributed by atoms with van der Waals surface area (Å²) in [7, 11) is 0. The van der Waals surface area contributed by atoms with Gasteiger partial charge in [0.1, 0.15) is 11.5 Å². The van der Waals surface area contributed by atoms with E-state index >= 15 is 0 Å². The first-order valence-electron chi connectivity index (χ1n) is 5.72. The molecule has 0 radical (unpaired) electrons. The van der Waals surface area contributed by atoms with Crippen molar-refractivity contribution in [1.82, 2.24) is 0 Å². The van der Waals surface area contributed by atoms with Crippen LogP contribution in [0.5, 0.6) is 11.5 Å². The summed E-state index contributed by atoms with van der Waals surface area (Å²) < 4.78 is 7.62. The highest BCUT2D eigenvalue weighted by Gasteiger charge is 2.07. The fourth-order valence-electron chi connectivity index (χ4n) is 1.73. The van der Waals surface area contributed by atoms with Gasteiger partial charge in [-0.05, 0) is 64.8 Å². The van der Waals surface area contributed by atoms with Crippen molar-refractivity contribution in [2.45, 2.75) is 6.92 Å². The number of amidine groups is 1. The van der Waals surface area contributed by atoms with E-state index in [2.05, 4.69) is 37.0 Å². The molecule has 0 atom stereocenters. The third-order valence-corrected chi connectivity index (χ3v) is 3.82. The number of oxime groups is 1. The quantitative estimate of drug-likeness (QED) is 0.347. The van der Waals surface area contributed by atoms with Gasteiger partial charge in [-0.25, -0.2) is 0 Å². The second kappa shape index (κ2) is 6.28. The van der Waals surface area contributed by atoms with Gasteiger partial charge in [-0.15, -0.1) is 0 Å². The van der Waals surface area contributed by atoms with Crippen molar-refractivity contribution in [2.75, 3.05) is 0 Å². The van der Waals surface area contributed by atoms with Gasteiger partial charge in [0.15, 0.2) is 5.84 Å². The van der Waals surface area contributed by atoms with E-state index in [0.717, 1.165) is 14.5 Å². The summed E-state index contributed by atoms with van der Waals surface area (Å²) in [5.41, 5.74) is 7.13. The molecule has 2 aromatic carbocycles. The molecular formula is C14H12Br2N2O2. The summed E-state index contributed by atoms with van der Waals surface area (Å²) in [6.07, 6.45) is 0. The fourth-order valence-corrected chi connectivity index (χ4v) is 2.85. The van der Waals surface area contributed by atoms with Gasteiger partial charge in [0.2, 0.25) is 0 Å². The summed E-state index contributed by atoms with van der Waals surface area (Å²) >= 11 is 6.84. The summed E-state index contributed by atoms with van der Waals surface area (Å²) in [5, 5.41) is 11.7. The fraction of sp³-hybridized carbons (Fsp3) is 0.0714. The Hall–Kier alpha value is -1.53. The molecule has 0 aliphatic rings. The third-order valence-electron chi connectivity index (χ3n) is 2.70. The van der Waals surface area contributed by atoms with Crippen molar-refractivity contribution >= 4 is 37.7 Å². The molecule has 4 nitrogen and oxygen atoms in total. The first-order valence-corrected chi connectivity index (χ1v) is 7.31. The second-order valence-electron chi connectivity index (χ2n) is 4.14. The molecule has 0 aliphatic heterocycles. The van der Waals surface area contributed by atoms with E-state index in [9.17, 15) is 0 Å². The first kappa shape index (κ1) is 14.9. The van der Waals surface area contributed by atoms with Crippen LogP contribution in [-0.4, -0.2) is 11.0 Å². The Morgan fingerprint density at radius 1 is 1.20 bits per heavy atom. The number of aryl methyl sites for hydroxylation is 1. The molecule has 0 saturated heterocycles. The van der Waals surface area contributed by atoms with E-state index in [1.54, 1.807) is 12.1 Å². The normalized spacial score (nSPS) is 11.4. The Balaban J connectivity index is 2.29. The molecule has 0 amide bonds. The van der Waals surface area contributed by atoms with E-state index in [0.29, 0.717) is 17.1 Å². The highest BCUT2D eigenvalue weighted by molar-refractivity contribution is 9.11. The van der Waals surface area contributed by atoms with Crippen LogP contribution in [0.2, 0.25) is 0 Å². The number of benzene rings is 2. The monoisotopic (exact) mass is 398 g/mol. The zero-order valence-electron chi connectivity index (χ0n) is 10.6. The summed E-state index contributed by atoms with van der Waals surface area (Å²) in [6, 6.07) is 11.0. The molecule has 2 aromatic rings. The molecule has 0 aromatic heterocycles. The van der Waals surface area contributed by atoms with Crippen LogP contribution in [0.25, 0.3) is 0 Å². The molecule has 20 heavy (non-hydrogen) atoms. The average molecular weight is 400 g/mol. The minimum absolute atomic E-state index is 0.0823. The maximum absolute atomic E-state index is 8.70. The van der Waals surface area contributed by atoms with Crippen molar-refractivity contribution in [3.8, 4) is 11.5 Å². The highest BCUT2D eigenvalue weighted by Crippen LogP contribution is 2.32. The molecule has 104 valence electrons. The first-order chi connectivity index (χ1) is 9.51. The molecule has 0 heterocycles. The Labute approximate surface area is 133 Å². The Morgan fingerprint density at radius 2 is 1.95 bits per heavy atom. The minimum Gasteiger partial charge on any atom is -0.456 e. The van der Waals surface area contributed by atoms with Crippen LogP contribution < -0.4 is 10.5 Å². The maximum Gasteiger partial charge on any atom is 0.170 e. The van der Waals surface area contributed by atoms with E-state index in [4.69, 9.17) is 15.7 Å². The number of hydrogen-bond donors (Lipinski definition) is 2. The van der Waals surface area contributed by atoms with E-state index in [1.807, 2.05) is 31.2 Å². The van der Waals surface area contributed by atoms with Crippen LogP contribution >= 0.6 is 31.9 Å². The van der Waals surface area contributed by atoms with Crippen molar-refractivity contribution < 1.29 is 9.94 Å². The predicted octanol–water partition coefficient (Wildman–Crippen LogP) is 4.41. The number of hydrogen-bond acceptors (Lipinski definition) is 3. The number of nitrogens with zero attached hydrogens (tertiary/aromatic N) is 1. The molecule has 6 heteroatoms. The molecule has 0 fully saturated rings. The lowest BCUT2D eigenvalue weighted by molar-refractivity contribution is 0.318. The Kier molecular flexibility index (Phi) is 4.67. The molecule has 0 bridgehead atoms.